The number of nitrogens with zero attached hydrogens (tertiary/aromatic N) is 4. The lowest BCUT2D eigenvalue weighted by Crippen LogP contribution is -2.33. The van der Waals surface area contributed by atoms with Crippen LogP contribution in [0.25, 0.3) is 0 Å². The molecule has 4 rings (SSSR count). The SMILES string of the molecule is CCc1ccc(CN(C)C(=O)c2cn(CC3COc4ccccc4O3)nn2)cc1. The second-order valence-corrected chi connectivity index (χ2v) is 7.15. The lowest BCUT2D eigenvalue weighted by atomic mass is 10.1. The Hall–Kier alpha value is -3.35. The average Bonchev–Trinajstić information content (AvgIpc) is 3.22. The van der Waals surface area contributed by atoms with E-state index in [1.807, 2.05) is 24.3 Å². The number of carbonyl (C=O) groups excluding carboxylic acids is 1. The van der Waals surface area contributed by atoms with Gasteiger partial charge in [0.15, 0.2) is 23.3 Å². The number of carbonyl (C=O) groups is 1. The highest BCUT2D eigenvalue weighted by molar-refractivity contribution is 5.91. The fourth-order valence-electron chi connectivity index (χ4n) is 3.27. The number of rotatable bonds is 6. The summed E-state index contributed by atoms with van der Waals surface area (Å²) in [6.45, 7) is 3.52. The minimum absolute atomic E-state index is 0.165. The van der Waals surface area contributed by atoms with Crippen molar-refractivity contribution in [3.05, 3.63) is 71.5 Å². The zero-order valence-corrected chi connectivity index (χ0v) is 16.6. The molecule has 7 nitrogen and oxygen atoms in total. The average molecular weight is 392 g/mol. The second kappa shape index (κ2) is 8.34. The Morgan fingerprint density at radius 3 is 2.62 bits per heavy atom. The van der Waals surface area contributed by atoms with Gasteiger partial charge in [-0.05, 0) is 29.7 Å². The number of amides is 1. The molecule has 1 aromatic heterocycles. The number of aromatic nitrogens is 3. The lowest BCUT2D eigenvalue weighted by molar-refractivity contribution is 0.0752. The summed E-state index contributed by atoms with van der Waals surface area (Å²) in [5, 5.41) is 8.12. The van der Waals surface area contributed by atoms with Crippen LogP contribution in [0.1, 0.15) is 28.5 Å². The zero-order chi connectivity index (χ0) is 20.2. The summed E-state index contributed by atoms with van der Waals surface area (Å²) in [6.07, 6.45) is 2.46. The first kappa shape index (κ1) is 19.0. The first-order valence-electron chi connectivity index (χ1n) is 9.74. The van der Waals surface area contributed by atoms with Crippen molar-refractivity contribution in [2.75, 3.05) is 13.7 Å². The normalized spacial score (nSPS) is 15.2. The van der Waals surface area contributed by atoms with Gasteiger partial charge in [0.2, 0.25) is 0 Å². The van der Waals surface area contributed by atoms with Crippen LogP contribution in [0, 0.1) is 0 Å². The molecule has 1 unspecified atom stereocenters. The third kappa shape index (κ3) is 4.39. The second-order valence-electron chi connectivity index (χ2n) is 7.15. The van der Waals surface area contributed by atoms with Crippen LogP contribution in [0.2, 0.25) is 0 Å². The van der Waals surface area contributed by atoms with E-state index in [4.69, 9.17) is 9.47 Å². The molecule has 0 N–H and O–H groups in total. The van der Waals surface area contributed by atoms with E-state index in [-0.39, 0.29) is 12.0 Å². The molecule has 1 aliphatic rings. The highest BCUT2D eigenvalue weighted by Crippen LogP contribution is 2.31. The van der Waals surface area contributed by atoms with Gasteiger partial charge < -0.3 is 14.4 Å². The van der Waals surface area contributed by atoms with Gasteiger partial charge in [-0.25, -0.2) is 4.68 Å². The first-order chi connectivity index (χ1) is 14.1. The van der Waals surface area contributed by atoms with Gasteiger partial charge in [0.25, 0.3) is 5.91 Å². The number of fused-ring (bicyclic) bond motifs is 1. The first-order valence-corrected chi connectivity index (χ1v) is 9.74. The molecule has 2 aromatic carbocycles. The van der Waals surface area contributed by atoms with E-state index in [0.29, 0.717) is 31.1 Å². The van der Waals surface area contributed by atoms with Gasteiger partial charge in [-0.2, -0.15) is 0 Å². The van der Waals surface area contributed by atoms with Crippen LogP contribution in [0.15, 0.2) is 54.7 Å². The van der Waals surface area contributed by atoms with Gasteiger partial charge in [0, 0.05) is 13.6 Å². The summed E-state index contributed by atoms with van der Waals surface area (Å²) in [6, 6.07) is 15.9. The molecule has 7 heteroatoms. The van der Waals surface area contributed by atoms with Crippen LogP contribution in [-0.2, 0) is 19.5 Å². The molecule has 0 aliphatic carbocycles. The molecule has 150 valence electrons. The van der Waals surface area contributed by atoms with E-state index in [2.05, 4.69) is 41.5 Å². The Balaban J connectivity index is 1.36. The Labute approximate surface area is 169 Å². The lowest BCUT2D eigenvalue weighted by Gasteiger charge is -2.26. The molecule has 0 radical (unpaired) electrons. The Kier molecular flexibility index (Phi) is 5.46. The molecular weight excluding hydrogens is 368 g/mol. The maximum Gasteiger partial charge on any atom is 0.276 e. The Bertz CT molecular complexity index is 984. The smallest absolute Gasteiger partial charge is 0.276 e. The van der Waals surface area contributed by atoms with Crippen molar-refractivity contribution in [2.45, 2.75) is 32.5 Å². The summed E-state index contributed by atoms with van der Waals surface area (Å²) in [5.41, 5.74) is 2.67. The summed E-state index contributed by atoms with van der Waals surface area (Å²) in [5.74, 6) is 1.29. The fourth-order valence-corrected chi connectivity index (χ4v) is 3.27. The maximum atomic E-state index is 12.7. The van der Waals surface area contributed by atoms with Crippen LogP contribution in [-0.4, -0.2) is 45.6 Å². The minimum atomic E-state index is -0.190. The van der Waals surface area contributed by atoms with Gasteiger partial charge in [0.1, 0.15) is 6.61 Å². The van der Waals surface area contributed by atoms with E-state index in [1.54, 1.807) is 22.8 Å². The molecule has 0 saturated heterocycles. The molecular formula is C22H24N4O3. The predicted molar refractivity (Wildman–Crippen MR) is 108 cm³/mol. The third-order valence-corrected chi connectivity index (χ3v) is 4.91. The van der Waals surface area contributed by atoms with Crippen molar-refractivity contribution in [3.63, 3.8) is 0 Å². The van der Waals surface area contributed by atoms with Gasteiger partial charge in [-0.3, -0.25) is 4.79 Å². The van der Waals surface area contributed by atoms with E-state index in [1.165, 1.54) is 5.56 Å². The van der Waals surface area contributed by atoms with Crippen molar-refractivity contribution in [3.8, 4) is 11.5 Å². The Morgan fingerprint density at radius 1 is 1.14 bits per heavy atom. The molecule has 0 saturated carbocycles. The molecule has 0 bridgehead atoms. The number of ether oxygens (including phenoxy) is 2. The van der Waals surface area contributed by atoms with Crippen molar-refractivity contribution in [1.29, 1.82) is 0 Å². The quantitative estimate of drug-likeness (QED) is 0.645. The van der Waals surface area contributed by atoms with Crippen molar-refractivity contribution in [1.82, 2.24) is 19.9 Å². The largest absolute Gasteiger partial charge is 0.486 e. The van der Waals surface area contributed by atoms with Gasteiger partial charge in [0.05, 0.1) is 12.7 Å². The third-order valence-electron chi connectivity index (χ3n) is 4.91. The van der Waals surface area contributed by atoms with Crippen molar-refractivity contribution < 1.29 is 14.3 Å². The highest BCUT2D eigenvalue weighted by atomic mass is 16.6. The predicted octanol–water partition coefficient (Wildman–Crippen LogP) is 2.95. The summed E-state index contributed by atoms with van der Waals surface area (Å²) in [7, 11) is 1.77. The van der Waals surface area contributed by atoms with Gasteiger partial charge >= 0.3 is 0 Å². The monoisotopic (exact) mass is 392 g/mol. The molecule has 29 heavy (non-hydrogen) atoms. The van der Waals surface area contributed by atoms with Crippen molar-refractivity contribution in [2.24, 2.45) is 0 Å². The standard InChI is InChI=1S/C22H24N4O3/c1-3-16-8-10-17(11-9-16)12-25(2)22(27)19-14-26(24-23-19)13-18-15-28-20-6-4-5-7-21(20)29-18/h4-11,14,18H,3,12-13,15H2,1-2H3. The fraction of sp³-hybridized carbons (Fsp3) is 0.318. The highest BCUT2D eigenvalue weighted by Gasteiger charge is 2.23. The van der Waals surface area contributed by atoms with E-state index in [9.17, 15) is 4.79 Å². The van der Waals surface area contributed by atoms with E-state index >= 15 is 0 Å². The van der Waals surface area contributed by atoms with Gasteiger partial charge in [-0.15, -0.1) is 5.10 Å². The summed E-state index contributed by atoms with van der Waals surface area (Å²) in [4.78, 5) is 14.3. The Morgan fingerprint density at radius 2 is 1.86 bits per heavy atom. The van der Waals surface area contributed by atoms with Gasteiger partial charge in [-0.1, -0.05) is 48.5 Å². The minimum Gasteiger partial charge on any atom is -0.486 e. The molecule has 2 heterocycles. The van der Waals surface area contributed by atoms with Crippen LogP contribution < -0.4 is 9.47 Å². The molecule has 1 atom stereocenters. The number of hydrogen-bond donors (Lipinski definition) is 0. The van der Waals surface area contributed by atoms with Crippen LogP contribution >= 0.6 is 0 Å². The number of benzene rings is 2. The molecule has 3 aromatic rings. The van der Waals surface area contributed by atoms with E-state index in [0.717, 1.165) is 17.7 Å². The summed E-state index contributed by atoms with van der Waals surface area (Å²) >= 11 is 0. The van der Waals surface area contributed by atoms with E-state index < -0.39 is 0 Å². The number of para-hydroxylation sites is 2. The zero-order valence-electron chi connectivity index (χ0n) is 16.6. The number of hydrogen-bond acceptors (Lipinski definition) is 5. The molecule has 0 spiro atoms. The molecule has 1 amide bonds. The molecule has 0 fully saturated rings. The summed E-state index contributed by atoms with van der Waals surface area (Å²) < 4.78 is 13.3. The number of aryl methyl sites for hydroxylation is 1. The topological polar surface area (TPSA) is 69.5 Å². The molecule has 1 aliphatic heterocycles. The van der Waals surface area contributed by atoms with Crippen LogP contribution in [0.5, 0.6) is 11.5 Å². The van der Waals surface area contributed by atoms with Crippen LogP contribution in [0.3, 0.4) is 0 Å². The van der Waals surface area contributed by atoms with Crippen LogP contribution in [0.4, 0.5) is 0 Å². The van der Waals surface area contributed by atoms with Crippen molar-refractivity contribution >= 4 is 5.91 Å². The maximum absolute atomic E-state index is 12.7.